The van der Waals surface area contributed by atoms with E-state index in [9.17, 15) is 10.1 Å². The number of aromatic nitrogens is 2. The van der Waals surface area contributed by atoms with E-state index in [0.29, 0.717) is 19.0 Å². The summed E-state index contributed by atoms with van der Waals surface area (Å²) in [5.41, 5.74) is 7.70. The Morgan fingerprint density at radius 1 is 1.42 bits per heavy atom. The van der Waals surface area contributed by atoms with Gasteiger partial charge in [0.25, 0.3) is 0 Å². The molecule has 0 atom stereocenters. The van der Waals surface area contributed by atoms with Gasteiger partial charge in [0.05, 0.1) is 12.0 Å². The smallest absolute Gasteiger partial charge is 0.329 e. The van der Waals surface area contributed by atoms with Gasteiger partial charge in [-0.3, -0.25) is 10.1 Å². The van der Waals surface area contributed by atoms with Crippen LogP contribution in [0.5, 0.6) is 5.75 Å². The minimum Gasteiger partial charge on any atom is -0.497 e. The van der Waals surface area contributed by atoms with E-state index in [1.807, 2.05) is 29.2 Å². The maximum absolute atomic E-state index is 10.8. The first kappa shape index (κ1) is 15.7. The molecule has 1 aromatic carbocycles. The SMILES string of the molecule is COc1cccc(C2=CCN(c3ncc([N+](=O)[O-])c(N)n3)CC2)c1. The van der Waals surface area contributed by atoms with Crippen LogP contribution >= 0.6 is 0 Å². The van der Waals surface area contributed by atoms with Gasteiger partial charge in [0, 0.05) is 13.1 Å². The zero-order valence-electron chi connectivity index (χ0n) is 13.2. The third kappa shape index (κ3) is 3.12. The van der Waals surface area contributed by atoms with Gasteiger partial charge in [-0.2, -0.15) is 4.98 Å². The van der Waals surface area contributed by atoms with Crippen LogP contribution in [-0.4, -0.2) is 35.1 Å². The van der Waals surface area contributed by atoms with E-state index in [-0.39, 0.29) is 11.5 Å². The Balaban J connectivity index is 1.77. The minimum absolute atomic E-state index is 0.118. The van der Waals surface area contributed by atoms with Crippen LogP contribution < -0.4 is 15.4 Å². The normalized spacial score (nSPS) is 14.2. The molecule has 0 aliphatic carbocycles. The number of hydrogen-bond donors (Lipinski definition) is 1. The molecule has 124 valence electrons. The van der Waals surface area contributed by atoms with Gasteiger partial charge in [0.1, 0.15) is 11.9 Å². The van der Waals surface area contributed by atoms with E-state index in [1.54, 1.807) is 7.11 Å². The number of nitrogens with zero attached hydrogens (tertiary/aromatic N) is 4. The summed E-state index contributed by atoms with van der Waals surface area (Å²) < 4.78 is 5.25. The van der Waals surface area contributed by atoms with Crippen molar-refractivity contribution in [3.05, 3.63) is 52.2 Å². The summed E-state index contributed by atoms with van der Waals surface area (Å²) in [6, 6.07) is 7.92. The molecule has 0 bridgehead atoms. The summed E-state index contributed by atoms with van der Waals surface area (Å²) in [6.45, 7) is 1.32. The number of nitrogen functional groups attached to an aromatic ring is 1. The fourth-order valence-electron chi connectivity index (χ4n) is 2.61. The topological polar surface area (TPSA) is 107 Å². The van der Waals surface area contributed by atoms with Crippen molar-refractivity contribution in [2.75, 3.05) is 30.8 Å². The molecule has 24 heavy (non-hydrogen) atoms. The number of nitrogens with two attached hydrogens (primary N) is 1. The Kier molecular flexibility index (Phi) is 4.28. The first-order valence-corrected chi connectivity index (χ1v) is 7.44. The van der Waals surface area contributed by atoms with E-state index in [4.69, 9.17) is 10.5 Å². The van der Waals surface area contributed by atoms with Crippen molar-refractivity contribution >= 4 is 23.0 Å². The molecule has 1 aromatic heterocycles. The molecule has 8 nitrogen and oxygen atoms in total. The highest BCUT2D eigenvalue weighted by molar-refractivity contribution is 5.69. The Hall–Kier alpha value is -3.16. The van der Waals surface area contributed by atoms with Crippen molar-refractivity contribution in [3.8, 4) is 5.75 Å². The molecule has 0 spiro atoms. The van der Waals surface area contributed by atoms with E-state index >= 15 is 0 Å². The van der Waals surface area contributed by atoms with Crippen LogP contribution in [0.3, 0.4) is 0 Å². The van der Waals surface area contributed by atoms with Gasteiger partial charge in [0.15, 0.2) is 0 Å². The second-order valence-electron chi connectivity index (χ2n) is 5.35. The molecular formula is C16H17N5O3. The van der Waals surface area contributed by atoms with Crippen molar-refractivity contribution in [1.29, 1.82) is 0 Å². The van der Waals surface area contributed by atoms with Gasteiger partial charge in [-0.25, -0.2) is 4.98 Å². The maximum atomic E-state index is 10.8. The Morgan fingerprint density at radius 2 is 2.25 bits per heavy atom. The molecule has 2 N–H and O–H groups in total. The van der Waals surface area contributed by atoms with Crippen LogP contribution in [0, 0.1) is 10.1 Å². The highest BCUT2D eigenvalue weighted by Gasteiger charge is 2.19. The summed E-state index contributed by atoms with van der Waals surface area (Å²) in [7, 11) is 1.65. The molecule has 0 amide bonds. The zero-order valence-corrected chi connectivity index (χ0v) is 13.2. The summed E-state index contributed by atoms with van der Waals surface area (Å²) in [6.07, 6.45) is 4.06. The molecule has 3 rings (SSSR count). The number of ether oxygens (including phenoxy) is 1. The van der Waals surface area contributed by atoms with Gasteiger partial charge in [-0.15, -0.1) is 0 Å². The van der Waals surface area contributed by atoms with Gasteiger partial charge >= 0.3 is 5.69 Å². The maximum Gasteiger partial charge on any atom is 0.329 e. The van der Waals surface area contributed by atoms with Crippen molar-refractivity contribution in [2.24, 2.45) is 0 Å². The molecule has 0 saturated heterocycles. The van der Waals surface area contributed by atoms with Crippen LogP contribution in [-0.2, 0) is 0 Å². The molecule has 1 aliphatic heterocycles. The highest BCUT2D eigenvalue weighted by atomic mass is 16.6. The van der Waals surface area contributed by atoms with Crippen molar-refractivity contribution in [1.82, 2.24) is 9.97 Å². The summed E-state index contributed by atoms with van der Waals surface area (Å²) >= 11 is 0. The van der Waals surface area contributed by atoms with E-state index in [1.165, 1.54) is 5.57 Å². The third-order valence-electron chi connectivity index (χ3n) is 3.91. The van der Waals surface area contributed by atoms with Crippen LogP contribution in [0.25, 0.3) is 5.57 Å². The molecule has 2 aromatic rings. The fraction of sp³-hybridized carbons (Fsp3) is 0.250. The Bertz CT molecular complexity index is 806. The van der Waals surface area contributed by atoms with Crippen molar-refractivity contribution in [2.45, 2.75) is 6.42 Å². The standard InChI is InChI=1S/C16H17N5O3/c1-24-13-4-2-3-12(9-13)11-5-7-20(8-6-11)16-18-10-14(21(22)23)15(17)19-16/h2-5,9-10H,6-8H2,1H3,(H2,17,18,19). The number of anilines is 2. The average Bonchev–Trinajstić information content (AvgIpc) is 2.61. The monoisotopic (exact) mass is 327 g/mol. The van der Waals surface area contributed by atoms with E-state index in [2.05, 4.69) is 16.0 Å². The zero-order chi connectivity index (χ0) is 17.1. The van der Waals surface area contributed by atoms with Gasteiger partial charge in [0.2, 0.25) is 11.8 Å². The van der Waals surface area contributed by atoms with Crippen LogP contribution in [0.2, 0.25) is 0 Å². The Labute approximate surface area is 138 Å². The van der Waals surface area contributed by atoms with Gasteiger partial charge in [-0.1, -0.05) is 18.2 Å². The second-order valence-corrected chi connectivity index (χ2v) is 5.35. The van der Waals surface area contributed by atoms with Gasteiger partial charge < -0.3 is 15.4 Å². The molecule has 0 saturated carbocycles. The first-order chi connectivity index (χ1) is 11.6. The lowest BCUT2D eigenvalue weighted by Gasteiger charge is -2.26. The number of hydrogen-bond acceptors (Lipinski definition) is 7. The number of benzene rings is 1. The van der Waals surface area contributed by atoms with E-state index in [0.717, 1.165) is 23.9 Å². The average molecular weight is 327 g/mol. The molecule has 2 heterocycles. The Morgan fingerprint density at radius 3 is 2.88 bits per heavy atom. The molecule has 0 unspecified atom stereocenters. The van der Waals surface area contributed by atoms with Crippen LogP contribution in [0.4, 0.5) is 17.5 Å². The minimum atomic E-state index is -0.587. The summed E-state index contributed by atoms with van der Waals surface area (Å²) in [5, 5.41) is 10.8. The van der Waals surface area contributed by atoms with Crippen LogP contribution in [0.15, 0.2) is 36.5 Å². The first-order valence-electron chi connectivity index (χ1n) is 7.44. The molecule has 1 aliphatic rings. The second kappa shape index (κ2) is 6.53. The fourth-order valence-corrected chi connectivity index (χ4v) is 2.61. The summed E-state index contributed by atoms with van der Waals surface area (Å²) in [5.74, 6) is 1.11. The highest BCUT2D eigenvalue weighted by Crippen LogP contribution is 2.27. The van der Waals surface area contributed by atoms with Crippen molar-refractivity contribution in [3.63, 3.8) is 0 Å². The summed E-state index contributed by atoms with van der Waals surface area (Å²) in [4.78, 5) is 20.2. The molecule has 0 radical (unpaired) electrons. The molecule has 8 heteroatoms. The predicted octanol–water partition coefficient (Wildman–Crippen LogP) is 2.27. The van der Waals surface area contributed by atoms with Crippen molar-refractivity contribution < 1.29 is 9.66 Å². The van der Waals surface area contributed by atoms with E-state index < -0.39 is 4.92 Å². The predicted molar refractivity (Wildman–Crippen MR) is 90.9 cm³/mol. The lowest BCUT2D eigenvalue weighted by atomic mass is 9.99. The van der Waals surface area contributed by atoms with Gasteiger partial charge in [-0.05, 0) is 29.7 Å². The van der Waals surface area contributed by atoms with Crippen LogP contribution in [0.1, 0.15) is 12.0 Å². The molecule has 0 fully saturated rings. The number of nitro groups is 1. The lowest BCUT2D eigenvalue weighted by Crippen LogP contribution is -2.30. The molecular weight excluding hydrogens is 310 g/mol. The number of methoxy groups -OCH3 is 1. The third-order valence-corrected chi connectivity index (χ3v) is 3.91. The number of rotatable bonds is 4. The quantitative estimate of drug-likeness (QED) is 0.678. The lowest BCUT2D eigenvalue weighted by molar-refractivity contribution is -0.384. The largest absolute Gasteiger partial charge is 0.497 e.